The summed E-state index contributed by atoms with van der Waals surface area (Å²) in [5, 5.41) is 13.9. The van der Waals surface area contributed by atoms with Crippen molar-refractivity contribution in [2.75, 3.05) is 5.73 Å². The second-order valence-corrected chi connectivity index (χ2v) is 5.63. The first-order chi connectivity index (χ1) is 9.82. The third-order valence-electron chi connectivity index (χ3n) is 2.62. The van der Waals surface area contributed by atoms with Gasteiger partial charge in [0.05, 0.1) is 10.6 Å². The molecule has 0 aromatic heterocycles. The summed E-state index contributed by atoms with van der Waals surface area (Å²) < 4.78 is 41.4. The zero-order valence-electron chi connectivity index (χ0n) is 10.6. The van der Waals surface area contributed by atoms with Crippen LogP contribution in [0.25, 0.3) is 0 Å². The number of rotatable bonds is 3. The molecule has 0 saturated heterocycles. The maximum atomic E-state index is 13.5. The molecule has 0 fully saturated rings. The van der Waals surface area contributed by atoms with Gasteiger partial charge in [-0.2, -0.15) is 5.26 Å². The van der Waals surface area contributed by atoms with Crippen molar-refractivity contribution in [3.8, 4) is 17.6 Å². The first-order valence-electron chi connectivity index (χ1n) is 5.61. The van der Waals surface area contributed by atoms with Gasteiger partial charge in [0.1, 0.15) is 23.2 Å². The molecule has 0 aliphatic heterocycles. The Balaban J connectivity index is 2.50. The van der Waals surface area contributed by atoms with E-state index in [2.05, 4.69) is 0 Å². The van der Waals surface area contributed by atoms with Crippen LogP contribution in [0.5, 0.6) is 11.5 Å². The Labute approximate surface area is 120 Å². The Hall–Kier alpha value is -2.63. The van der Waals surface area contributed by atoms with Crippen LogP contribution in [0.1, 0.15) is 5.56 Å². The molecule has 0 bridgehead atoms. The van der Waals surface area contributed by atoms with Crippen LogP contribution in [0.3, 0.4) is 0 Å². The van der Waals surface area contributed by atoms with Gasteiger partial charge in [0.15, 0.2) is 5.75 Å². The second-order valence-electron chi connectivity index (χ2n) is 4.07. The number of primary sulfonamides is 1. The fourth-order valence-electron chi connectivity index (χ4n) is 1.60. The Bertz CT molecular complexity index is 844. The SMILES string of the molecule is N#Cc1c(F)cccc1Oc1cc(S(N)(=O)=O)ccc1N. The maximum absolute atomic E-state index is 13.5. The van der Waals surface area contributed by atoms with E-state index in [1.807, 2.05) is 0 Å². The molecule has 0 aliphatic rings. The lowest BCUT2D eigenvalue weighted by molar-refractivity contribution is 0.475. The van der Waals surface area contributed by atoms with E-state index in [4.69, 9.17) is 20.9 Å². The van der Waals surface area contributed by atoms with Gasteiger partial charge in [-0.05, 0) is 24.3 Å². The summed E-state index contributed by atoms with van der Waals surface area (Å²) in [6.45, 7) is 0. The average Bonchev–Trinajstić information content (AvgIpc) is 2.40. The quantitative estimate of drug-likeness (QED) is 0.837. The summed E-state index contributed by atoms with van der Waals surface area (Å²) in [6, 6.07) is 9.11. The maximum Gasteiger partial charge on any atom is 0.238 e. The standard InChI is InChI=1S/C13H10FN3O3S/c14-10-2-1-3-12(9(10)7-15)20-13-6-8(21(17,18)19)4-5-11(13)16/h1-6H,16H2,(H2,17,18,19). The van der Waals surface area contributed by atoms with Crippen LogP contribution in [-0.4, -0.2) is 8.42 Å². The highest BCUT2D eigenvalue weighted by molar-refractivity contribution is 7.89. The first kappa shape index (κ1) is 14.8. The van der Waals surface area contributed by atoms with E-state index in [9.17, 15) is 12.8 Å². The van der Waals surface area contributed by atoms with E-state index < -0.39 is 15.8 Å². The molecule has 21 heavy (non-hydrogen) atoms. The number of anilines is 1. The Morgan fingerprint density at radius 1 is 1.19 bits per heavy atom. The van der Waals surface area contributed by atoms with Crippen molar-refractivity contribution >= 4 is 15.7 Å². The number of nitrogens with two attached hydrogens (primary N) is 2. The summed E-state index contributed by atoms with van der Waals surface area (Å²) >= 11 is 0. The molecule has 108 valence electrons. The molecular formula is C13H10FN3O3S. The number of hydrogen-bond donors (Lipinski definition) is 2. The molecule has 0 heterocycles. The molecule has 0 spiro atoms. The molecule has 0 aliphatic carbocycles. The smallest absolute Gasteiger partial charge is 0.238 e. The van der Waals surface area contributed by atoms with Crippen LogP contribution in [0, 0.1) is 17.1 Å². The van der Waals surface area contributed by atoms with Crippen molar-refractivity contribution in [3.63, 3.8) is 0 Å². The molecule has 2 rings (SSSR count). The third kappa shape index (κ3) is 3.10. The molecule has 4 N–H and O–H groups in total. The van der Waals surface area contributed by atoms with Gasteiger partial charge in [-0.25, -0.2) is 17.9 Å². The molecule has 0 saturated carbocycles. The number of benzene rings is 2. The average molecular weight is 307 g/mol. The summed E-state index contributed by atoms with van der Waals surface area (Å²) in [7, 11) is -3.93. The van der Waals surface area contributed by atoms with E-state index in [0.717, 1.165) is 12.1 Å². The molecule has 2 aromatic rings. The topological polar surface area (TPSA) is 119 Å². The lowest BCUT2D eigenvalue weighted by Crippen LogP contribution is -2.12. The zero-order valence-corrected chi connectivity index (χ0v) is 11.4. The van der Waals surface area contributed by atoms with Crippen LogP contribution < -0.4 is 15.6 Å². The minimum Gasteiger partial charge on any atom is -0.454 e. The predicted molar refractivity (Wildman–Crippen MR) is 73.4 cm³/mol. The number of ether oxygens (including phenoxy) is 1. The predicted octanol–water partition coefficient (Wildman–Crippen LogP) is 1.72. The second kappa shape index (κ2) is 5.40. The highest BCUT2D eigenvalue weighted by atomic mass is 32.2. The summed E-state index contributed by atoms with van der Waals surface area (Å²) in [4.78, 5) is -0.207. The van der Waals surface area contributed by atoms with Gasteiger partial charge in [0.2, 0.25) is 10.0 Å². The van der Waals surface area contributed by atoms with Crippen molar-refractivity contribution in [2.45, 2.75) is 4.90 Å². The minimum absolute atomic E-state index is 0.0383. The first-order valence-corrected chi connectivity index (χ1v) is 7.16. The number of hydrogen-bond acceptors (Lipinski definition) is 5. The van der Waals surface area contributed by atoms with E-state index in [0.29, 0.717) is 0 Å². The van der Waals surface area contributed by atoms with Crippen molar-refractivity contribution in [3.05, 3.63) is 47.8 Å². The van der Waals surface area contributed by atoms with Crippen LogP contribution in [0.15, 0.2) is 41.3 Å². The van der Waals surface area contributed by atoms with Gasteiger partial charge < -0.3 is 10.5 Å². The van der Waals surface area contributed by atoms with Crippen molar-refractivity contribution in [2.24, 2.45) is 5.14 Å². The van der Waals surface area contributed by atoms with E-state index in [-0.39, 0.29) is 27.6 Å². The number of nitriles is 1. The monoisotopic (exact) mass is 307 g/mol. The summed E-state index contributed by atoms with van der Waals surface area (Å²) in [5.41, 5.74) is 5.49. The van der Waals surface area contributed by atoms with Gasteiger partial charge in [0.25, 0.3) is 0 Å². The lowest BCUT2D eigenvalue weighted by Gasteiger charge is -2.11. The van der Waals surface area contributed by atoms with Crippen LogP contribution in [0.2, 0.25) is 0 Å². The Morgan fingerprint density at radius 2 is 1.90 bits per heavy atom. The van der Waals surface area contributed by atoms with Gasteiger partial charge in [-0.15, -0.1) is 0 Å². The van der Waals surface area contributed by atoms with E-state index in [1.165, 1.54) is 24.3 Å². The van der Waals surface area contributed by atoms with Gasteiger partial charge in [-0.3, -0.25) is 0 Å². The molecule has 0 radical (unpaired) electrons. The third-order valence-corrected chi connectivity index (χ3v) is 3.53. The number of nitrogen functional groups attached to an aromatic ring is 1. The van der Waals surface area contributed by atoms with Crippen molar-refractivity contribution in [1.29, 1.82) is 5.26 Å². The fourth-order valence-corrected chi connectivity index (χ4v) is 2.13. The number of halogens is 1. The van der Waals surface area contributed by atoms with E-state index in [1.54, 1.807) is 6.07 Å². The van der Waals surface area contributed by atoms with E-state index >= 15 is 0 Å². The summed E-state index contributed by atoms with van der Waals surface area (Å²) in [6.07, 6.45) is 0. The fraction of sp³-hybridized carbons (Fsp3) is 0. The molecule has 0 atom stereocenters. The Morgan fingerprint density at radius 3 is 2.52 bits per heavy atom. The van der Waals surface area contributed by atoms with Gasteiger partial charge >= 0.3 is 0 Å². The van der Waals surface area contributed by atoms with Crippen LogP contribution in [0.4, 0.5) is 10.1 Å². The van der Waals surface area contributed by atoms with Gasteiger partial charge in [-0.1, -0.05) is 6.07 Å². The lowest BCUT2D eigenvalue weighted by atomic mass is 10.2. The van der Waals surface area contributed by atoms with Crippen LogP contribution in [-0.2, 0) is 10.0 Å². The van der Waals surface area contributed by atoms with Crippen molar-refractivity contribution in [1.82, 2.24) is 0 Å². The highest BCUT2D eigenvalue weighted by Gasteiger charge is 2.14. The normalized spacial score (nSPS) is 10.9. The Kier molecular flexibility index (Phi) is 3.80. The number of sulfonamides is 1. The zero-order chi connectivity index (χ0) is 15.6. The molecule has 0 amide bonds. The molecular weight excluding hydrogens is 297 g/mol. The molecule has 0 unspecified atom stereocenters. The number of nitrogens with zero attached hydrogens (tertiary/aromatic N) is 1. The highest BCUT2D eigenvalue weighted by Crippen LogP contribution is 2.32. The van der Waals surface area contributed by atoms with Crippen molar-refractivity contribution < 1.29 is 17.5 Å². The molecule has 8 heteroatoms. The summed E-state index contributed by atoms with van der Waals surface area (Å²) in [5.74, 6) is -0.865. The molecule has 2 aromatic carbocycles. The minimum atomic E-state index is -3.93. The largest absolute Gasteiger partial charge is 0.454 e. The van der Waals surface area contributed by atoms with Crippen LogP contribution >= 0.6 is 0 Å². The molecule has 6 nitrogen and oxygen atoms in total. The van der Waals surface area contributed by atoms with Gasteiger partial charge in [0, 0.05) is 6.07 Å².